The Balaban J connectivity index is 1.35. The van der Waals surface area contributed by atoms with Crippen molar-refractivity contribution in [2.45, 2.75) is 56.1 Å². The van der Waals surface area contributed by atoms with Crippen LogP contribution < -0.4 is 5.73 Å². The quantitative estimate of drug-likeness (QED) is 0.895. The summed E-state index contributed by atoms with van der Waals surface area (Å²) in [5.74, 6) is 0.311. The van der Waals surface area contributed by atoms with E-state index in [1.807, 2.05) is 23.2 Å². The number of carbonyl (C=O) groups is 2. The first-order valence-corrected chi connectivity index (χ1v) is 9.25. The molecule has 1 saturated carbocycles. The molecular formula is C19H25N3O3. The highest BCUT2D eigenvalue weighted by Crippen LogP contribution is 2.49. The maximum Gasteiger partial charge on any atom is 0.246 e. The molecule has 1 aliphatic carbocycles. The number of hydrogen-bond donors (Lipinski definition) is 1. The van der Waals surface area contributed by atoms with Crippen LogP contribution in [-0.4, -0.2) is 47.0 Å². The number of nitrogens with zero attached hydrogens (tertiary/aromatic N) is 2. The highest BCUT2D eigenvalue weighted by molar-refractivity contribution is 5.91. The van der Waals surface area contributed by atoms with Crippen molar-refractivity contribution >= 4 is 11.8 Å². The first kappa shape index (κ1) is 16.5. The van der Waals surface area contributed by atoms with E-state index >= 15 is 0 Å². The van der Waals surface area contributed by atoms with Gasteiger partial charge in [0.1, 0.15) is 6.10 Å². The first-order chi connectivity index (χ1) is 12.1. The van der Waals surface area contributed by atoms with Gasteiger partial charge in [0.2, 0.25) is 11.8 Å². The summed E-state index contributed by atoms with van der Waals surface area (Å²) in [6.45, 7) is 1.54. The lowest BCUT2D eigenvalue weighted by Gasteiger charge is -2.36. The number of primary amides is 1. The van der Waals surface area contributed by atoms with E-state index in [4.69, 9.17) is 10.5 Å². The summed E-state index contributed by atoms with van der Waals surface area (Å²) < 4.78 is 5.82. The molecule has 0 unspecified atom stereocenters. The fraction of sp³-hybridized carbons (Fsp3) is 0.632. The lowest BCUT2D eigenvalue weighted by Crippen LogP contribution is -2.45. The van der Waals surface area contributed by atoms with Gasteiger partial charge in [-0.3, -0.25) is 14.6 Å². The summed E-state index contributed by atoms with van der Waals surface area (Å²) in [4.78, 5) is 30.5. The van der Waals surface area contributed by atoms with Crippen molar-refractivity contribution in [3.8, 4) is 0 Å². The number of nitrogens with two attached hydrogens (primary N) is 1. The van der Waals surface area contributed by atoms with Gasteiger partial charge in [0.25, 0.3) is 0 Å². The number of piperidine rings is 1. The van der Waals surface area contributed by atoms with E-state index in [2.05, 4.69) is 4.98 Å². The van der Waals surface area contributed by atoms with Crippen LogP contribution in [0.4, 0.5) is 0 Å². The van der Waals surface area contributed by atoms with E-state index < -0.39 is 6.10 Å². The van der Waals surface area contributed by atoms with Crippen LogP contribution in [0.25, 0.3) is 0 Å². The van der Waals surface area contributed by atoms with Crippen LogP contribution in [0.1, 0.15) is 44.1 Å². The zero-order chi connectivity index (χ0) is 17.4. The van der Waals surface area contributed by atoms with E-state index in [1.54, 1.807) is 6.20 Å². The van der Waals surface area contributed by atoms with E-state index in [9.17, 15) is 9.59 Å². The van der Waals surface area contributed by atoms with Crippen molar-refractivity contribution < 1.29 is 14.3 Å². The zero-order valence-corrected chi connectivity index (χ0v) is 14.4. The third kappa shape index (κ3) is 3.03. The molecule has 2 saturated heterocycles. The second-order valence-corrected chi connectivity index (χ2v) is 7.60. The number of rotatable bonds is 4. The second kappa shape index (κ2) is 6.41. The fourth-order valence-electron chi connectivity index (χ4n) is 4.39. The lowest BCUT2D eigenvalue weighted by molar-refractivity contribution is -0.136. The Labute approximate surface area is 147 Å². The summed E-state index contributed by atoms with van der Waals surface area (Å²) in [6, 6.07) is 3.92. The van der Waals surface area contributed by atoms with Gasteiger partial charge in [-0.2, -0.15) is 0 Å². The third-order valence-electron chi connectivity index (χ3n) is 6.10. The van der Waals surface area contributed by atoms with Crippen LogP contribution in [-0.2, 0) is 19.7 Å². The molecule has 4 rings (SSSR count). The van der Waals surface area contributed by atoms with Crippen molar-refractivity contribution in [2.75, 3.05) is 13.1 Å². The summed E-state index contributed by atoms with van der Waals surface area (Å²) in [5, 5.41) is 0. The average molecular weight is 343 g/mol. The number of amides is 2. The van der Waals surface area contributed by atoms with Gasteiger partial charge < -0.3 is 15.4 Å². The Morgan fingerprint density at radius 3 is 2.52 bits per heavy atom. The molecule has 3 heterocycles. The monoisotopic (exact) mass is 343 g/mol. The highest BCUT2D eigenvalue weighted by Gasteiger charge is 2.53. The number of hydrogen-bond acceptors (Lipinski definition) is 4. The van der Waals surface area contributed by atoms with E-state index in [0.29, 0.717) is 5.92 Å². The minimum Gasteiger partial charge on any atom is -0.367 e. The summed E-state index contributed by atoms with van der Waals surface area (Å²) in [5.41, 5.74) is 6.05. The van der Waals surface area contributed by atoms with Crippen LogP contribution in [0.5, 0.6) is 0 Å². The molecule has 6 heteroatoms. The van der Waals surface area contributed by atoms with Gasteiger partial charge in [0, 0.05) is 25.5 Å². The fourth-order valence-corrected chi connectivity index (χ4v) is 4.39. The van der Waals surface area contributed by atoms with Crippen molar-refractivity contribution in [1.82, 2.24) is 9.88 Å². The Hall–Kier alpha value is -1.95. The molecule has 1 aromatic heterocycles. The highest BCUT2D eigenvalue weighted by atomic mass is 16.5. The zero-order valence-electron chi connectivity index (χ0n) is 14.4. The normalized spacial score (nSPS) is 28.7. The predicted octanol–water partition coefficient (Wildman–Crippen LogP) is 1.38. The molecule has 2 aliphatic heterocycles. The van der Waals surface area contributed by atoms with Crippen LogP contribution in [0.3, 0.4) is 0 Å². The van der Waals surface area contributed by atoms with Gasteiger partial charge in [-0.25, -0.2) is 0 Å². The maximum atomic E-state index is 13.1. The van der Waals surface area contributed by atoms with Crippen molar-refractivity contribution in [3.05, 3.63) is 30.1 Å². The van der Waals surface area contributed by atoms with E-state index in [0.717, 1.165) is 57.2 Å². The largest absolute Gasteiger partial charge is 0.367 e. The average Bonchev–Trinajstić information content (AvgIpc) is 3.31. The van der Waals surface area contributed by atoms with Gasteiger partial charge in [-0.15, -0.1) is 0 Å². The molecule has 25 heavy (non-hydrogen) atoms. The Bertz CT molecular complexity index is 651. The molecule has 3 aliphatic rings. The lowest BCUT2D eigenvalue weighted by atomic mass is 9.88. The summed E-state index contributed by atoms with van der Waals surface area (Å²) in [6.07, 6.45) is 8.59. The van der Waals surface area contributed by atoms with Crippen LogP contribution >= 0.6 is 0 Å². The molecule has 0 spiro atoms. The molecule has 0 radical (unpaired) electrons. The van der Waals surface area contributed by atoms with E-state index in [-0.39, 0.29) is 23.3 Å². The minimum absolute atomic E-state index is 0.114. The van der Waals surface area contributed by atoms with Crippen LogP contribution in [0.2, 0.25) is 0 Å². The molecule has 3 fully saturated rings. The summed E-state index contributed by atoms with van der Waals surface area (Å²) >= 11 is 0. The number of aromatic nitrogens is 1. The molecular weight excluding hydrogens is 318 g/mol. The standard InChI is InChI=1S/C19H25N3O3/c20-17(23)16-4-3-15(25-16)13-5-10-22(11-6-13)18(24)19(7-8-19)14-2-1-9-21-12-14/h1-2,9,12-13,15-16H,3-8,10-11H2,(H2,20,23)/t15-,16+/m0/s1. The molecule has 1 aromatic rings. The van der Waals surface area contributed by atoms with Gasteiger partial charge in [0.05, 0.1) is 11.5 Å². The second-order valence-electron chi connectivity index (χ2n) is 7.60. The number of carbonyl (C=O) groups excluding carboxylic acids is 2. The number of pyridine rings is 1. The van der Waals surface area contributed by atoms with Gasteiger partial charge in [-0.1, -0.05) is 6.07 Å². The van der Waals surface area contributed by atoms with Crippen LogP contribution in [0.15, 0.2) is 24.5 Å². The third-order valence-corrected chi connectivity index (χ3v) is 6.10. The SMILES string of the molecule is NC(=O)[C@H]1CC[C@@H](C2CCN(C(=O)C3(c4cccnc4)CC3)CC2)O1. The van der Waals surface area contributed by atoms with Gasteiger partial charge in [-0.05, 0) is 56.1 Å². The number of likely N-dealkylation sites (tertiary alicyclic amines) is 1. The molecule has 2 amide bonds. The Kier molecular flexibility index (Phi) is 4.23. The molecule has 2 atom stereocenters. The Morgan fingerprint density at radius 1 is 1.20 bits per heavy atom. The number of ether oxygens (including phenoxy) is 1. The van der Waals surface area contributed by atoms with Crippen molar-refractivity contribution in [2.24, 2.45) is 11.7 Å². The smallest absolute Gasteiger partial charge is 0.246 e. The van der Waals surface area contributed by atoms with Gasteiger partial charge >= 0.3 is 0 Å². The Morgan fingerprint density at radius 2 is 1.96 bits per heavy atom. The maximum absolute atomic E-state index is 13.1. The van der Waals surface area contributed by atoms with Crippen LogP contribution in [0, 0.1) is 5.92 Å². The van der Waals surface area contributed by atoms with Gasteiger partial charge in [0.15, 0.2) is 0 Å². The molecule has 6 nitrogen and oxygen atoms in total. The van der Waals surface area contributed by atoms with Crippen molar-refractivity contribution in [1.29, 1.82) is 0 Å². The minimum atomic E-state index is -0.426. The molecule has 0 bridgehead atoms. The predicted molar refractivity (Wildman–Crippen MR) is 91.5 cm³/mol. The molecule has 134 valence electrons. The first-order valence-electron chi connectivity index (χ1n) is 9.25. The topological polar surface area (TPSA) is 85.5 Å². The summed E-state index contributed by atoms with van der Waals surface area (Å²) in [7, 11) is 0. The van der Waals surface area contributed by atoms with E-state index in [1.165, 1.54) is 0 Å². The van der Waals surface area contributed by atoms with Crippen molar-refractivity contribution in [3.63, 3.8) is 0 Å². The molecule has 2 N–H and O–H groups in total. The molecule has 0 aromatic carbocycles.